The number of amides is 1. The molecule has 0 aliphatic heterocycles. The average molecular weight is 354 g/mol. The number of hydrogen-bond donors (Lipinski definition) is 1. The van der Waals surface area contributed by atoms with Crippen LogP contribution in [0, 0.1) is 29.9 Å². The van der Waals surface area contributed by atoms with Gasteiger partial charge in [0.25, 0.3) is 5.91 Å². The van der Waals surface area contributed by atoms with Crippen molar-refractivity contribution in [3.05, 3.63) is 76.4 Å². The number of hydrogen-bond acceptors (Lipinski definition) is 2. The third-order valence-electron chi connectivity index (χ3n) is 4.06. The molecule has 0 radical (unpaired) electrons. The maximum absolute atomic E-state index is 14.1. The minimum Gasteiger partial charge on any atom is -0.345 e. The highest BCUT2D eigenvalue weighted by atomic mass is 19.1. The van der Waals surface area contributed by atoms with Crippen molar-refractivity contribution in [3.8, 4) is 6.07 Å². The third-order valence-corrected chi connectivity index (χ3v) is 4.06. The van der Waals surface area contributed by atoms with E-state index in [1.54, 1.807) is 6.07 Å². The molecular formula is C21H20F2N2O. The monoisotopic (exact) mass is 354 g/mol. The average Bonchev–Trinajstić information content (AvgIpc) is 2.65. The molecule has 26 heavy (non-hydrogen) atoms. The molecule has 0 bridgehead atoms. The normalized spacial score (nSPS) is 12.3. The molecule has 1 N–H and O–H groups in total. The van der Waals surface area contributed by atoms with Crippen LogP contribution in [0.4, 0.5) is 8.78 Å². The zero-order valence-corrected chi connectivity index (χ0v) is 14.7. The first kappa shape index (κ1) is 19.3. The van der Waals surface area contributed by atoms with E-state index in [0.29, 0.717) is 6.42 Å². The summed E-state index contributed by atoms with van der Waals surface area (Å²) in [6.07, 6.45) is 2.47. The van der Waals surface area contributed by atoms with Crippen molar-refractivity contribution in [2.24, 2.45) is 0 Å². The molecule has 0 saturated carbocycles. The summed E-state index contributed by atoms with van der Waals surface area (Å²) in [5, 5.41) is 12.1. The van der Waals surface area contributed by atoms with E-state index in [4.69, 9.17) is 0 Å². The Balaban J connectivity index is 2.31. The summed E-state index contributed by atoms with van der Waals surface area (Å²) in [6.45, 7) is 3.48. The summed E-state index contributed by atoms with van der Waals surface area (Å²) in [7, 11) is 0. The van der Waals surface area contributed by atoms with Crippen LogP contribution in [0.5, 0.6) is 0 Å². The topological polar surface area (TPSA) is 52.9 Å². The standard InChI is InChI=1S/C21H20F2N2O/c1-3-7-19(15-8-5-4-6-9-15)25-21(26)16(13-24)12-17-18(22)11-10-14(2)20(17)23/h4-6,8-12,19H,3,7H2,1-2H3,(H,25,26)/t19-/m0/s1. The van der Waals surface area contributed by atoms with E-state index in [-0.39, 0.29) is 22.7 Å². The van der Waals surface area contributed by atoms with Gasteiger partial charge in [0.15, 0.2) is 0 Å². The lowest BCUT2D eigenvalue weighted by Crippen LogP contribution is -2.29. The predicted octanol–water partition coefficient (Wildman–Crippen LogP) is 4.84. The summed E-state index contributed by atoms with van der Waals surface area (Å²) in [4.78, 5) is 12.5. The lowest BCUT2D eigenvalue weighted by molar-refractivity contribution is -0.117. The largest absolute Gasteiger partial charge is 0.345 e. The number of benzene rings is 2. The minimum atomic E-state index is -0.818. The number of carbonyl (C=O) groups is 1. The second-order valence-corrected chi connectivity index (χ2v) is 5.99. The second kappa shape index (κ2) is 8.91. The highest BCUT2D eigenvalue weighted by molar-refractivity contribution is 6.01. The highest BCUT2D eigenvalue weighted by Crippen LogP contribution is 2.21. The van der Waals surface area contributed by atoms with Gasteiger partial charge in [-0.05, 0) is 36.6 Å². The SMILES string of the molecule is CCC[C@H](NC(=O)C(C#N)=Cc1c(F)ccc(C)c1F)c1ccccc1. The quantitative estimate of drug-likeness (QED) is 0.596. The van der Waals surface area contributed by atoms with E-state index < -0.39 is 17.5 Å². The van der Waals surface area contributed by atoms with Crippen molar-refractivity contribution in [1.82, 2.24) is 5.32 Å². The summed E-state index contributed by atoms with van der Waals surface area (Å²) < 4.78 is 28.1. The fraction of sp³-hybridized carbons (Fsp3) is 0.238. The molecule has 0 heterocycles. The fourth-order valence-corrected chi connectivity index (χ4v) is 2.64. The lowest BCUT2D eigenvalue weighted by atomic mass is 10.0. The molecule has 0 spiro atoms. The number of aryl methyl sites for hydroxylation is 1. The van der Waals surface area contributed by atoms with E-state index in [0.717, 1.165) is 24.1 Å². The molecule has 0 aliphatic rings. The number of nitriles is 1. The Kier molecular flexibility index (Phi) is 6.62. The van der Waals surface area contributed by atoms with Crippen LogP contribution in [0.1, 0.15) is 42.5 Å². The third kappa shape index (κ3) is 4.54. The van der Waals surface area contributed by atoms with Gasteiger partial charge in [-0.1, -0.05) is 49.7 Å². The van der Waals surface area contributed by atoms with Crippen molar-refractivity contribution >= 4 is 12.0 Å². The van der Waals surface area contributed by atoms with Gasteiger partial charge >= 0.3 is 0 Å². The molecule has 0 saturated heterocycles. The molecule has 0 aromatic heterocycles. The Labute approximate surface area is 152 Å². The van der Waals surface area contributed by atoms with Crippen LogP contribution in [-0.4, -0.2) is 5.91 Å². The number of nitrogens with zero attached hydrogens (tertiary/aromatic N) is 1. The van der Waals surface area contributed by atoms with Gasteiger partial charge in [0.05, 0.1) is 6.04 Å². The van der Waals surface area contributed by atoms with E-state index in [9.17, 15) is 18.8 Å². The van der Waals surface area contributed by atoms with Gasteiger partial charge in [0, 0.05) is 5.56 Å². The van der Waals surface area contributed by atoms with Gasteiger partial charge < -0.3 is 5.32 Å². The summed E-state index contributed by atoms with van der Waals surface area (Å²) in [5.74, 6) is -2.25. The van der Waals surface area contributed by atoms with Crippen LogP contribution in [-0.2, 0) is 4.79 Å². The number of rotatable bonds is 6. The number of carbonyl (C=O) groups excluding carboxylic acids is 1. The molecule has 5 heteroatoms. The molecule has 1 atom stereocenters. The summed E-state index contributed by atoms with van der Waals surface area (Å²) >= 11 is 0. The molecule has 0 aliphatic carbocycles. The molecular weight excluding hydrogens is 334 g/mol. The van der Waals surface area contributed by atoms with Crippen LogP contribution in [0.15, 0.2) is 48.0 Å². The Morgan fingerprint density at radius 3 is 2.54 bits per heavy atom. The molecule has 0 fully saturated rings. The maximum atomic E-state index is 14.1. The zero-order chi connectivity index (χ0) is 19.1. The highest BCUT2D eigenvalue weighted by Gasteiger charge is 2.18. The smallest absolute Gasteiger partial charge is 0.262 e. The van der Waals surface area contributed by atoms with Crippen molar-refractivity contribution in [2.75, 3.05) is 0 Å². The zero-order valence-electron chi connectivity index (χ0n) is 14.7. The molecule has 3 nitrogen and oxygen atoms in total. The van der Waals surface area contributed by atoms with Crippen LogP contribution >= 0.6 is 0 Å². The minimum absolute atomic E-state index is 0.239. The van der Waals surface area contributed by atoms with Crippen LogP contribution in [0.2, 0.25) is 0 Å². The first-order chi connectivity index (χ1) is 12.5. The van der Waals surface area contributed by atoms with Gasteiger partial charge in [-0.25, -0.2) is 8.78 Å². The van der Waals surface area contributed by atoms with E-state index in [1.165, 1.54) is 13.0 Å². The van der Waals surface area contributed by atoms with Crippen LogP contribution in [0.3, 0.4) is 0 Å². The Hall–Kier alpha value is -3.00. The fourth-order valence-electron chi connectivity index (χ4n) is 2.64. The van der Waals surface area contributed by atoms with E-state index in [2.05, 4.69) is 5.32 Å². The first-order valence-corrected chi connectivity index (χ1v) is 8.40. The first-order valence-electron chi connectivity index (χ1n) is 8.40. The molecule has 0 unspecified atom stereocenters. The van der Waals surface area contributed by atoms with Gasteiger partial charge in [-0.3, -0.25) is 4.79 Å². The van der Waals surface area contributed by atoms with Gasteiger partial charge in [0.1, 0.15) is 23.3 Å². The second-order valence-electron chi connectivity index (χ2n) is 5.99. The molecule has 2 aromatic rings. The number of halogens is 2. The van der Waals surface area contributed by atoms with Crippen molar-refractivity contribution in [2.45, 2.75) is 32.7 Å². The van der Waals surface area contributed by atoms with Crippen LogP contribution < -0.4 is 5.32 Å². The summed E-state index contributed by atoms with van der Waals surface area (Å²) in [5.41, 5.74) is 0.422. The van der Waals surface area contributed by atoms with E-state index in [1.807, 2.05) is 37.3 Å². The van der Waals surface area contributed by atoms with E-state index >= 15 is 0 Å². The summed E-state index contributed by atoms with van der Waals surface area (Å²) in [6, 6.07) is 13.2. The van der Waals surface area contributed by atoms with Crippen molar-refractivity contribution in [3.63, 3.8) is 0 Å². The Bertz CT molecular complexity index is 854. The van der Waals surface area contributed by atoms with Gasteiger partial charge in [0.2, 0.25) is 0 Å². The van der Waals surface area contributed by atoms with Crippen LogP contribution in [0.25, 0.3) is 6.08 Å². The predicted molar refractivity (Wildman–Crippen MR) is 96.9 cm³/mol. The van der Waals surface area contributed by atoms with Gasteiger partial charge in [-0.15, -0.1) is 0 Å². The van der Waals surface area contributed by atoms with Crippen molar-refractivity contribution < 1.29 is 13.6 Å². The molecule has 1 amide bonds. The lowest BCUT2D eigenvalue weighted by Gasteiger charge is -2.18. The molecule has 134 valence electrons. The Morgan fingerprint density at radius 2 is 1.92 bits per heavy atom. The molecule has 2 aromatic carbocycles. The Morgan fingerprint density at radius 1 is 1.23 bits per heavy atom. The number of nitrogens with one attached hydrogen (secondary N) is 1. The maximum Gasteiger partial charge on any atom is 0.262 e. The molecule has 2 rings (SSSR count). The van der Waals surface area contributed by atoms with Gasteiger partial charge in [-0.2, -0.15) is 5.26 Å². The van der Waals surface area contributed by atoms with Crippen molar-refractivity contribution in [1.29, 1.82) is 5.26 Å².